The number of hydrogen-bond donors (Lipinski definition) is 0. The van der Waals surface area contributed by atoms with Crippen molar-refractivity contribution in [1.29, 1.82) is 0 Å². The quantitative estimate of drug-likeness (QED) is 0.564. The first kappa shape index (κ1) is 12.0. The van der Waals surface area contributed by atoms with Crippen molar-refractivity contribution in [2.24, 2.45) is 0 Å². The van der Waals surface area contributed by atoms with Crippen molar-refractivity contribution >= 4 is 24.2 Å². The van der Waals surface area contributed by atoms with Gasteiger partial charge in [-0.2, -0.15) is 0 Å². The Balaban J connectivity index is 4.26. The predicted molar refractivity (Wildman–Crippen MR) is 57.7 cm³/mol. The molecule has 0 N–H and O–H groups in total. The zero-order valence-corrected chi connectivity index (χ0v) is 11.0. The van der Waals surface area contributed by atoms with Crippen LogP contribution in [0.3, 0.4) is 0 Å². The zero-order valence-electron chi connectivity index (χ0n) is 8.40. The minimum atomic E-state index is -1.53. The molecule has 0 aliphatic rings. The van der Waals surface area contributed by atoms with E-state index in [-0.39, 0.29) is 0 Å². The second kappa shape index (κ2) is 4.92. The van der Waals surface area contributed by atoms with Crippen molar-refractivity contribution in [3.05, 3.63) is 10.4 Å². The van der Waals surface area contributed by atoms with Crippen LogP contribution < -0.4 is 0 Å². The van der Waals surface area contributed by atoms with E-state index in [0.29, 0.717) is 12.6 Å². The van der Waals surface area contributed by atoms with Crippen molar-refractivity contribution in [2.75, 3.05) is 6.61 Å². The van der Waals surface area contributed by atoms with Gasteiger partial charge < -0.3 is 9.16 Å². The third kappa shape index (κ3) is 5.66. The summed E-state index contributed by atoms with van der Waals surface area (Å²) in [4.78, 5) is 0. The highest BCUT2D eigenvalue weighted by molar-refractivity contribution is 9.11. The summed E-state index contributed by atoms with van der Waals surface area (Å²) < 4.78 is 11.9. The first-order valence-electron chi connectivity index (χ1n) is 4.05. The van der Waals surface area contributed by atoms with Gasteiger partial charge in [-0.05, 0) is 49.4 Å². The van der Waals surface area contributed by atoms with E-state index in [1.165, 1.54) is 0 Å². The van der Waals surface area contributed by atoms with Gasteiger partial charge in [-0.25, -0.2) is 0 Å². The Kier molecular flexibility index (Phi) is 4.93. The number of halogens is 1. The monoisotopic (exact) mass is 252 g/mol. The van der Waals surface area contributed by atoms with Crippen LogP contribution in [0, 0.1) is 0 Å². The average Bonchev–Trinajstić information content (AvgIpc) is 1.83. The molecule has 0 aromatic heterocycles. The summed E-state index contributed by atoms with van der Waals surface area (Å²) in [7, 11) is -1.53. The smallest absolute Gasteiger partial charge is 0.275 e. The maximum Gasteiger partial charge on any atom is 0.275 e. The molecular formula is C8H17BrO2Si. The highest BCUT2D eigenvalue weighted by Crippen LogP contribution is 2.18. The molecule has 12 heavy (non-hydrogen) atoms. The van der Waals surface area contributed by atoms with Crippen LogP contribution in [0.2, 0.25) is 19.6 Å². The molecule has 0 aromatic carbocycles. The van der Waals surface area contributed by atoms with Gasteiger partial charge in [0.2, 0.25) is 8.32 Å². The molecule has 72 valence electrons. The summed E-state index contributed by atoms with van der Waals surface area (Å²) in [6.45, 7) is 10.9. The van der Waals surface area contributed by atoms with Crippen LogP contribution in [0.15, 0.2) is 10.4 Å². The van der Waals surface area contributed by atoms with Crippen LogP contribution in [0.5, 0.6) is 0 Å². The van der Waals surface area contributed by atoms with Crippen molar-refractivity contribution in [1.82, 2.24) is 0 Å². The molecule has 0 fully saturated rings. The molecule has 0 saturated carbocycles. The summed E-state index contributed by atoms with van der Waals surface area (Å²) in [6, 6.07) is 0. The van der Waals surface area contributed by atoms with Gasteiger partial charge >= 0.3 is 0 Å². The molecule has 4 heteroatoms. The molecule has 0 aliphatic heterocycles. The Labute approximate surface area is 84.2 Å². The Morgan fingerprint density at radius 2 is 1.83 bits per heavy atom. The van der Waals surface area contributed by atoms with E-state index in [1.54, 1.807) is 0 Å². The molecule has 0 spiro atoms. The summed E-state index contributed by atoms with van der Waals surface area (Å²) >= 11 is 3.35. The fraction of sp³-hybridized carbons (Fsp3) is 0.750. The molecule has 0 unspecified atom stereocenters. The Bertz CT molecular complexity index is 168. The van der Waals surface area contributed by atoms with Gasteiger partial charge in [0.05, 0.1) is 11.1 Å². The van der Waals surface area contributed by atoms with E-state index in [0.717, 1.165) is 4.48 Å². The molecule has 0 amide bonds. The normalized spacial score (nSPS) is 13.8. The van der Waals surface area contributed by atoms with E-state index in [4.69, 9.17) is 9.16 Å². The lowest BCUT2D eigenvalue weighted by Crippen LogP contribution is -2.26. The van der Waals surface area contributed by atoms with Gasteiger partial charge in [0.25, 0.3) is 5.95 Å². The molecular weight excluding hydrogens is 236 g/mol. The number of rotatable bonds is 4. The first-order chi connectivity index (χ1) is 5.37. The van der Waals surface area contributed by atoms with E-state index in [1.807, 2.05) is 13.8 Å². The summed E-state index contributed by atoms with van der Waals surface area (Å²) in [5, 5.41) is 0. The SMILES string of the molecule is CCO/C(O[Si](C)(C)C)=C(/C)Br. The van der Waals surface area contributed by atoms with Gasteiger partial charge in [-0.15, -0.1) is 0 Å². The largest absolute Gasteiger partial charge is 0.519 e. The molecule has 0 saturated heterocycles. The lowest BCUT2D eigenvalue weighted by atomic mass is 10.7. The number of ether oxygens (including phenoxy) is 1. The lowest BCUT2D eigenvalue weighted by molar-refractivity contribution is 0.111. The fourth-order valence-corrected chi connectivity index (χ4v) is 1.72. The summed E-state index contributed by atoms with van der Waals surface area (Å²) in [5.74, 6) is 0.636. The summed E-state index contributed by atoms with van der Waals surface area (Å²) in [6.07, 6.45) is 0. The summed E-state index contributed by atoms with van der Waals surface area (Å²) in [5.41, 5.74) is 0. The molecule has 0 aliphatic carbocycles. The van der Waals surface area contributed by atoms with E-state index < -0.39 is 8.32 Å². The lowest BCUT2D eigenvalue weighted by Gasteiger charge is -2.21. The topological polar surface area (TPSA) is 18.5 Å². The predicted octanol–water partition coefficient (Wildman–Crippen LogP) is 3.46. The minimum absolute atomic E-state index is 0.636. The maximum absolute atomic E-state index is 5.69. The van der Waals surface area contributed by atoms with Crippen molar-refractivity contribution in [3.63, 3.8) is 0 Å². The number of hydrogen-bond acceptors (Lipinski definition) is 2. The standard InChI is InChI=1S/C8H17BrO2Si/c1-6-10-8(7(2)9)11-12(3,4)5/h6H2,1-5H3/b8-7+. The maximum atomic E-state index is 5.69. The van der Waals surface area contributed by atoms with Crippen molar-refractivity contribution in [3.8, 4) is 0 Å². The molecule has 0 radical (unpaired) electrons. The number of allylic oxidation sites excluding steroid dienone is 1. The van der Waals surface area contributed by atoms with Crippen molar-refractivity contribution in [2.45, 2.75) is 33.5 Å². The molecule has 0 rings (SSSR count). The fourth-order valence-electron chi connectivity index (χ4n) is 0.608. The van der Waals surface area contributed by atoms with Gasteiger partial charge in [0, 0.05) is 0 Å². The first-order valence-corrected chi connectivity index (χ1v) is 8.25. The minimum Gasteiger partial charge on any atom is -0.519 e. The second-order valence-corrected chi connectivity index (χ2v) is 9.09. The van der Waals surface area contributed by atoms with Crippen LogP contribution in [0.4, 0.5) is 0 Å². The third-order valence-electron chi connectivity index (χ3n) is 0.956. The molecule has 0 aromatic rings. The van der Waals surface area contributed by atoms with Crippen LogP contribution in [-0.2, 0) is 9.16 Å². The molecule has 0 heterocycles. The van der Waals surface area contributed by atoms with Crippen LogP contribution in [0.1, 0.15) is 13.8 Å². The molecule has 2 nitrogen and oxygen atoms in total. The van der Waals surface area contributed by atoms with E-state index in [9.17, 15) is 0 Å². The van der Waals surface area contributed by atoms with Gasteiger partial charge in [-0.1, -0.05) is 0 Å². The van der Waals surface area contributed by atoms with Gasteiger partial charge in [0.15, 0.2) is 0 Å². The van der Waals surface area contributed by atoms with Crippen LogP contribution >= 0.6 is 15.9 Å². The Morgan fingerprint density at radius 1 is 1.33 bits per heavy atom. The van der Waals surface area contributed by atoms with Crippen LogP contribution in [0.25, 0.3) is 0 Å². The third-order valence-corrected chi connectivity index (χ3v) is 2.08. The highest BCUT2D eigenvalue weighted by atomic mass is 79.9. The van der Waals surface area contributed by atoms with Gasteiger partial charge in [-0.3, -0.25) is 0 Å². The van der Waals surface area contributed by atoms with Crippen molar-refractivity contribution < 1.29 is 9.16 Å². The zero-order chi connectivity index (χ0) is 9.78. The second-order valence-electron chi connectivity index (χ2n) is 3.47. The molecule has 0 atom stereocenters. The van der Waals surface area contributed by atoms with E-state index >= 15 is 0 Å². The van der Waals surface area contributed by atoms with Gasteiger partial charge in [0.1, 0.15) is 0 Å². The Hall–Kier alpha value is 0.0369. The Morgan fingerprint density at radius 3 is 2.08 bits per heavy atom. The highest BCUT2D eigenvalue weighted by Gasteiger charge is 2.19. The van der Waals surface area contributed by atoms with E-state index in [2.05, 4.69) is 35.6 Å². The average molecular weight is 253 g/mol. The van der Waals surface area contributed by atoms with Crippen LogP contribution in [-0.4, -0.2) is 14.9 Å². The molecule has 0 bridgehead atoms.